The largest absolute Gasteiger partial charge is 0.481 e. The predicted molar refractivity (Wildman–Crippen MR) is 85.8 cm³/mol. The van der Waals surface area contributed by atoms with E-state index in [0.29, 0.717) is 23.6 Å². The van der Waals surface area contributed by atoms with Gasteiger partial charge in [-0.2, -0.15) is 0 Å². The Labute approximate surface area is 135 Å². The lowest BCUT2D eigenvalue weighted by Crippen LogP contribution is -2.34. The van der Waals surface area contributed by atoms with Crippen LogP contribution in [0.2, 0.25) is 5.02 Å². The van der Waals surface area contributed by atoms with E-state index in [1.54, 1.807) is 18.2 Å². The highest BCUT2D eigenvalue weighted by Gasteiger charge is 2.34. The van der Waals surface area contributed by atoms with Crippen LogP contribution in [0.4, 0.5) is 5.69 Å². The maximum Gasteiger partial charge on any atom is 0.307 e. The Kier molecular flexibility index (Phi) is 5.04. The van der Waals surface area contributed by atoms with Crippen molar-refractivity contribution in [2.75, 3.05) is 5.32 Å². The van der Waals surface area contributed by atoms with Crippen molar-refractivity contribution in [2.24, 2.45) is 11.8 Å². The minimum atomic E-state index is -0.930. The fourth-order valence-electron chi connectivity index (χ4n) is 2.19. The first-order chi connectivity index (χ1) is 9.49. The standard InChI is InChI=1S/C14H13ClINO3/c15-8-5-6-12(11(16)7-8)17-13(18)9-3-1-2-4-10(9)14(19)20/h1-2,5-7,9-10H,3-4H2,(H,17,18)(H,19,20). The molecule has 0 saturated heterocycles. The number of halogens is 2. The van der Waals surface area contributed by atoms with E-state index < -0.39 is 17.8 Å². The van der Waals surface area contributed by atoms with E-state index in [4.69, 9.17) is 11.6 Å². The molecule has 0 radical (unpaired) electrons. The molecule has 0 saturated carbocycles. The van der Waals surface area contributed by atoms with Crippen LogP contribution in [-0.4, -0.2) is 17.0 Å². The topological polar surface area (TPSA) is 66.4 Å². The van der Waals surface area contributed by atoms with Crippen LogP contribution < -0.4 is 5.32 Å². The van der Waals surface area contributed by atoms with Crippen molar-refractivity contribution in [2.45, 2.75) is 12.8 Å². The van der Waals surface area contributed by atoms with E-state index in [-0.39, 0.29) is 5.91 Å². The smallest absolute Gasteiger partial charge is 0.307 e. The SMILES string of the molecule is O=C(O)C1CC=CCC1C(=O)Nc1ccc(Cl)cc1I. The van der Waals surface area contributed by atoms with Crippen LogP contribution in [0.5, 0.6) is 0 Å². The quantitative estimate of drug-likeness (QED) is 0.597. The van der Waals surface area contributed by atoms with Gasteiger partial charge in [0.15, 0.2) is 0 Å². The molecule has 0 fully saturated rings. The van der Waals surface area contributed by atoms with E-state index in [1.807, 2.05) is 12.2 Å². The summed E-state index contributed by atoms with van der Waals surface area (Å²) in [6.07, 6.45) is 4.52. The molecule has 4 nitrogen and oxygen atoms in total. The molecule has 6 heteroatoms. The number of carboxylic acid groups (broad SMARTS) is 1. The third kappa shape index (κ3) is 3.52. The number of anilines is 1. The summed E-state index contributed by atoms with van der Waals surface area (Å²) in [6.45, 7) is 0. The summed E-state index contributed by atoms with van der Waals surface area (Å²) < 4.78 is 0.821. The van der Waals surface area contributed by atoms with Crippen LogP contribution in [0.25, 0.3) is 0 Å². The van der Waals surface area contributed by atoms with Gasteiger partial charge in [-0.1, -0.05) is 23.8 Å². The second kappa shape index (κ2) is 6.58. The minimum Gasteiger partial charge on any atom is -0.481 e. The Balaban J connectivity index is 2.14. The summed E-state index contributed by atoms with van der Waals surface area (Å²) in [7, 11) is 0. The number of rotatable bonds is 3. The van der Waals surface area contributed by atoms with E-state index in [0.717, 1.165) is 3.57 Å². The zero-order valence-corrected chi connectivity index (χ0v) is 13.4. The number of benzene rings is 1. The molecule has 2 rings (SSSR count). The highest BCUT2D eigenvalue weighted by atomic mass is 127. The Bertz CT molecular complexity index is 574. The van der Waals surface area contributed by atoms with E-state index in [9.17, 15) is 14.7 Å². The normalized spacial score (nSPS) is 21.5. The Morgan fingerprint density at radius 2 is 1.90 bits per heavy atom. The molecule has 0 aromatic heterocycles. The molecule has 0 heterocycles. The summed E-state index contributed by atoms with van der Waals surface area (Å²) in [4.78, 5) is 23.5. The van der Waals surface area contributed by atoms with Crippen LogP contribution >= 0.6 is 34.2 Å². The van der Waals surface area contributed by atoms with Crippen LogP contribution in [-0.2, 0) is 9.59 Å². The highest BCUT2D eigenvalue weighted by Crippen LogP contribution is 2.29. The second-order valence-electron chi connectivity index (χ2n) is 4.61. The van der Waals surface area contributed by atoms with Crippen molar-refractivity contribution in [1.29, 1.82) is 0 Å². The zero-order chi connectivity index (χ0) is 14.7. The highest BCUT2D eigenvalue weighted by molar-refractivity contribution is 14.1. The number of hydrogen-bond acceptors (Lipinski definition) is 2. The molecule has 1 aromatic carbocycles. The van der Waals surface area contributed by atoms with Crippen molar-refractivity contribution in [3.63, 3.8) is 0 Å². The number of carbonyl (C=O) groups excluding carboxylic acids is 1. The molecule has 0 bridgehead atoms. The molecule has 1 aromatic rings. The fraction of sp³-hybridized carbons (Fsp3) is 0.286. The fourth-order valence-corrected chi connectivity index (χ4v) is 3.20. The predicted octanol–water partition coefficient (Wildman–Crippen LogP) is 3.55. The molecule has 106 valence electrons. The summed E-state index contributed by atoms with van der Waals surface area (Å²) in [5.41, 5.74) is 0.652. The first-order valence-corrected chi connectivity index (χ1v) is 7.58. The summed E-state index contributed by atoms with van der Waals surface area (Å²) in [5, 5.41) is 12.6. The number of aliphatic carboxylic acids is 1. The van der Waals surface area contributed by atoms with Crippen molar-refractivity contribution < 1.29 is 14.7 Å². The molecule has 1 aliphatic rings. The maximum absolute atomic E-state index is 12.3. The minimum absolute atomic E-state index is 0.262. The lowest BCUT2D eigenvalue weighted by molar-refractivity contribution is -0.146. The maximum atomic E-state index is 12.3. The van der Waals surface area contributed by atoms with Gasteiger partial charge in [-0.25, -0.2) is 0 Å². The van der Waals surface area contributed by atoms with Crippen LogP contribution in [0.1, 0.15) is 12.8 Å². The monoisotopic (exact) mass is 405 g/mol. The molecule has 0 aliphatic heterocycles. The zero-order valence-electron chi connectivity index (χ0n) is 10.5. The summed E-state index contributed by atoms with van der Waals surface area (Å²) >= 11 is 7.94. The van der Waals surface area contributed by atoms with Gasteiger partial charge in [-0.3, -0.25) is 9.59 Å². The van der Waals surface area contributed by atoms with Gasteiger partial charge >= 0.3 is 5.97 Å². The molecule has 1 aliphatic carbocycles. The number of carbonyl (C=O) groups is 2. The molecular weight excluding hydrogens is 393 g/mol. The average molecular weight is 406 g/mol. The van der Waals surface area contributed by atoms with Crippen molar-refractivity contribution in [3.05, 3.63) is 38.9 Å². The van der Waals surface area contributed by atoms with Crippen LogP contribution in [0.15, 0.2) is 30.4 Å². The molecule has 0 spiro atoms. The van der Waals surface area contributed by atoms with Crippen LogP contribution in [0, 0.1) is 15.4 Å². The third-order valence-corrected chi connectivity index (χ3v) is 4.40. The van der Waals surface area contributed by atoms with Gasteiger partial charge in [0.2, 0.25) is 5.91 Å². The Hall–Kier alpha value is -1.08. The van der Waals surface area contributed by atoms with E-state index in [1.165, 1.54) is 0 Å². The van der Waals surface area contributed by atoms with Crippen molar-refractivity contribution in [3.8, 4) is 0 Å². The van der Waals surface area contributed by atoms with Gasteiger partial charge in [0, 0.05) is 8.59 Å². The molecular formula is C14H13ClINO3. The molecule has 20 heavy (non-hydrogen) atoms. The van der Waals surface area contributed by atoms with Crippen molar-refractivity contribution >= 4 is 51.8 Å². The number of allylic oxidation sites excluding steroid dienone is 2. The van der Waals surface area contributed by atoms with Gasteiger partial charge < -0.3 is 10.4 Å². The molecule has 2 N–H and O–H groups in total. The van der Waals surface area contributed by atoms with Crippen molar-refractivity contribution in [1.82, 2.24) is 0 Å². The number of amides is 1. The van der Waals surface area contributed by atoms with Crippen LogP contribution in [0.3, 0.4) is 0 Å². The number of carboxylic acids is 1. The lowest BCUT2D eigenvalue weighted by Gasteiger charge is -2.24. The third-order valence-electron chi connectivity index (χ3n) is 3.28. The van der Waals surface area contributed by atoms with E-state index in [2.05, 4.69) is 27.9 Å². The Morgan fingerprint density at radius 3 is 2.50 bits per heavy atom. The van der Waals surface area contributed by atoms with Gasteiger partial charge in [0.05, 0.1) is 17.5 Å². The first kappa shape index (κ1) is 15.3. The lowest BCUT2D eigenvalue weighted by atomic mass is 9.82. The van der Waals surface area contributed by atoms with Gasteiger partial charge in [-0.15, -0.1) is 0 Å². The molecule has 2 atom stereocenters. The molecule has 1 amide bonds. The average Bonchev–Trinajstić information content (AvgIpc) is 2.41. The Morgan fingerprint density at radius 1 is 1.25 bits per heavy atom. The van der Waals surface area contributed by atoms with Gasteiger partial charge in [0.1, 0.15) is 0 Å². The van der Waals surface area contributed by atoms with Gasteiger partial charge in [-0.05, 0) is 53.6 Å². The van der Waals surface area contributed by atoms with Gasteiger partial charge in [0.25, 0.3) is 0 Å². The summed E-state index contributed by atoms with van der Waals surface area (Å²) in [6, 6.07) is 5.15. The second-order valence-corrected chi connectivity index (χ2v) is 6.21. The first-order valence-electron chi connectivity index (χ1n) is 6.12. The number of nitrogens with one attached hydrogen (secondary N) is 1. The summed E-state index contributed by atoms with van der Waals surface area (Å²) in [5.74, 6) is -2.39. The molecule has 2 unspecified atom stereocenters. The number of hydrogen-bond donors (Lipinski definition) is 2. The van der Waals surface area contributed by atoms with E-state index >= 15 is 0 Å².